The summed E-state index contributed by atoms with van der Waals surface area (Å²) in [6.07, 6.45) is 0. The van der Waals surface area contributed by atoms with Crippen molar-refractivity contribution >= 4 is 75.0 Å². The molecular formula is C2H5I3S2. The zero-order valence-electron chi connectivity index (χ0n) is 3.66. The smallest absolute Gasteiger partial charge is 0.00836 e. The van der Waals surface area contributed by atoms with Gasteiger partial charge in [0, 0.05) is 27.0 Å². The van der Waals surface area contributed by atoms with Crippen LogP contribution in [0.4, 0.5) is 0 Å². The maximum absolute atomic E-state index is 2.53. The zero-order chi connectivity index (χ0) is 5.91. The summed E-state index contributed by atoms with van der Waals surface area (Å²) in [6, 6.07) is 0. The molecule has 0 saturated carbocycles. The molecule has 0 aliphatic carbocycles. The van der Waals surface area contributed by atoms with Gasteiger partial charge >= 0.3 is 0 Å². The van der Waals surface area contributed by atoms with Gasteiger partial charge in [0.05, 0.1) is 0 Å². The van der Waals surface area contributed by atoms with E-state index in [1.165, 1.54) is 5.75 Å². The number of rotatable bonds is 2. The summed E-state index contributed by atoms with van der Waals surface area (Å²) in [5.74, 6) is 1.31. The molecule has 0 aromatic rings. The standard InChI is InChI=1S/C2H5I3S2/c1-2-7(4,5)6-3/h2H2,1H3. The van der Waals surface area contributed by atoms with E-state index >= 15 is 0 Å². The van der Waals surface area contributed by atoms with Crippen molar-refractivity contribution in [3.63, 3.8) is 0 Å². The van der Waals surface area contributed by atoms with Crippen LogP contribution in [0.2, 0.25) is 0 Å². The van der Waals surface area contributed by atoms with E-state index in [1.807, 2.05) is 7.97 Å². The van der Waals surface area contributed by atoms with Crippen LogP contribution in [0.3, 0.4) is 0 Å². The summed E-state index contributed by atoms with van der Waals surface area (Å²) in [5, 5.41) is 0. The third-order valence-corrected chi connectivity index (χ3v) is 27.4. The molecule has 0 N–H and O–H groups in total. The van der Waals surface area contributed by atoms with Crippen LogP contribution in [0, 0.1) is 0 Å². The minimum Gasteiger partial charge on any atom is -0.0740 e. The lowest BCUT2D eigenvalue weighted by Crippen LogP contribution is -1.69. The Hall–Kier alpha value is 2.89. The van der Waals surface area contributed by atoms with E-state index in [-0.39, 0.29) is 3.40 Å². The highest BCUT2D eigenvalue weighted by Crippen LogP contribution is 2.75. The quantitative estimate of drug-likeness (QED) is 0.420. The maximum atomic E-state index is 2.53. The number of hydrogen-bond donors (Lipinski definition) is 0. The minimum absolute atomic E-state index is 0.314. The molecule has 5 heteroatoms. The van der Waals surface area contributed by atoms with Gasteiger partial charge in [-0.15, -0.1) is 0 Å². The predicted octanol–water partition coefficient (Wildman–Crippen LogP) is 4.51. The maximum Gasteiger partial charge on any atom is 0.00836 e. The topological polar surface area (TPSA) is 0 Å². The van der Waals surface area contributed by atoms with E-state index in [9.17, 15) is 0 Å². The van der Waals surface area contributed by atoms with Crippen molar-refractivity contribution in [2.45, 2.75) is 6.92 Å². The summed E-state index contributed by atoms with van der Waals surface area (Å²) in [6.45, 7) is 2.24. The fourth-order valence-corrected chi connectivity index (χ4v) is 2.69. The molecule has 0 saturated heterocycles. The monoisotopic (exact) mass is 474 g/mol. The Morgan fingerprint density at radius 3 is 2.00 bits per heavy atom. The van der Waals surface area contributed by atoms with Crippen LogP contribution in [0.5, 0.6) is 0 Å². The van der Waals surface area contributed by atoms with Crippen LogP contribution in [0.15, 0.2) is 0 Å². The van der Waals surface area contributed by atoms with E-state index < -0.39 is 0 Å². The first-order chi connectivity index (χ1) is 3.12. The van der Waals surface area contributed by atoms with Gasteiger partial charge in [0.2, 0.25) is 0 Å². The molecule has 7 heavy (non-hydrogen) atoms. The molecule has 0 amide bonds. The second kappa shape index (κ2) is 4.67. The van der Waals surface area contributed by atoms with Crippen molar-refractivity contribution in [3.05, 3.63) is 0 Å². The van der Waals surface area contributed by atoms with Gasteiger partial charge in [-0.3, -0.25) is 0 Å². The zero-order valence-corrected chi connectivity index (χ0v) is 11.8. The normalized spacial score (nSPS) is 14.3. The van der Waals surface area contributed by atoms with E-state index in [0.29, 0.717) is 0 Å². The van der Waals surface area contributed by atoms with E-state index in [2.05, 4.69) is 70.5 Å². The molecule has 0 radical (unpaired) electrons. The summed E-state index contributed by atoms with van der Waals surface area (Å²) >= 11 is 7.43. The van der Waals surface area contributed by atoms with Gasteiger partial charge < -0.3 is 0 Å². The Balaban J connectivity index is 3.36. The summed E-state index contributed by atoms with van der Waals surface area (Å²) < 4.78 is -0.314. The Morgan fingerprint density at radius 2 is 2.00 bits per heavy atom. The fraction of sp³-hybridized carbons (Fsp3) is 1.00. The van der Waals surface area contributed by atoms with Crippen molar-refractivity contribution in [1.29, 1.82) is 0 Å². The molecule has 46 valence electrons. The third-order valence-electron chi connectivity index (χ3n) is 0.428. The SMILES string of the molecule is CCS(I)(I)SI. The second-order valence-electron chi connectivity index (χ2n) is 0.872. The number of hydrogen-bond acceptors (Lipinski definition) is 1. The molecule has 0 rings (SSSR count). The lowest BCUT2D eigenvalue weighted by Gasteiger charge is -2.17. The van der Waals surface area contributed by atoms with Crippen LogP contribution < -0.4 is 0 Å². The van der Waals surface area contributed by atoms with Crippen molar-refractivity contribution in [1.82, 2.24) is 0 Å². The fourth-order valence-electron chi connectivity index (χ4n) is 0.0445. The summed E-state index contributed by atoms with van der Waals surface area (Å²) in [4.78, 5) is 0. The first-order valence-electron chi connectivity index (χ1n) is 1.63. The lowest BCUT2D eigenvalue weighted by atomic mass is 11.0. The van der Waals surface area contributed by atoms with Crippen molar-refractivity contribution in [2.75, 3.05) is 5.75 Å². The van der Waals surface area contributed by atoms with E-state index in [1.54, 1.807) is 0 Å². The number of halogens is 3. The summed E-state index contributed by atoms with van der Waals surface area (Å²) in [5.41, 5.74) is 0. The molecule has 0 aliphatic rings. The molecule has 0 aliphatic heterocycles. The summed E-state index contributed by atoms with van der Waals surface area (Å²) in [7, 11) is 1.95. The van der Waals surface area contributed by atoms with Gasteiger partial charge in [-0.05, 0) is 50.4 Å². The van der Waals surface area contributed by atoms with Crippen molar-refractivity contribution in [2.24, 2.45) is 0 Å². The molecule has 0 aromatic carbocycles. The van der Waals surface area contributed by atoms with Gasteiger partial charge in [-0.1, -0.05) is 10.3 Å². The lowest BCUT2D eigenvalue weighted by molar-refractivity contribution is 1.54. The Bertz CT molecular complexity index is 48.9. The average molecular weight is 474 g/mol. The highest BCUT2D eigenvalue weighted by atomic mass is 127. The van der Waals surface area contributed by atoms with Gasteiger partial charge in [-0.25, -0.2) is 0 Å². The minimum atomic E-state index is -0.314. The second-order valence-corrected chi connectivity index (χ2v) is 25.6. The van der Waals surface area contributed by atoms with Gasteiger partial charge in [0.15, 0.2) is 0 Å². The Kier molecular flexibility index (Phi) is 6.59. The molecule has 0 aromatic heterocycles. The van der Waals surface area contributed by atoms with E-state index in [4.69, 9.17) is 0 Å². The Morgan fingerprint density at radius 1 is 1.57 bits per heavy atom. The van der Waals surface area contributed by atoms with Crippen LogP contribution in [0.1, 0.15) is 6.92 Å². The molecule has 0 fully saturated rings. The first kappa shape index (κ1) is 9.89. The first-order valence-corrected chi connectivity index (χ1v) is 12.4. The molecule has 0 bridgehead atoms. The highest BCUT2D eigenvalue weighted by molar-refractivity contribution is 14.3. The molecule has 0 spiro atoms. The molecule has 0 nitrogen and oxygen atoms in total. The van der Waals surface area contributed by atoms with Crippen LogP contribution >= 0.6 is 75.0 Å². The predicted molar refractivity (Wildman–Crippen MR) is 67.8 cm³/mol. The van der Waals surface area contributed by atoms with Gasteiger partial charge in [0.25, 0.3) is 0 Å². The van der Waals surface area contributed by atoms with Crippen LogP contribution in [-0.2, 0) is 0 Å². The van der Waals surface area contributed by atoms with Crippen molar-refractivity contribution < 1.29 is 0 Å². The molecule has 0 atom stereocenters. The highest BCUT2D eigenvalue weighted by Gasteiger charge is 2.10. The Labute approximate surface area is 85.8 Å². The molecular weight excluding hydrogens is 469 g/mol. The van der Waals surface area contributed by atoms with Gasteiger partial charge in [0.1, 0.15) is 0 Å². The third kappa shape index (κ3) is 5.34. The van der Waals surface area contributed by atoms with E-state index in [0.717, 1.165) is 0 Å². The van der Waals surface area contributed by atoms with Crippen LogP contribution in [-0.4, -0.2) is 5.75 Å². The molecule has 0 heterocycles. The van der Waals surface area contributed by atoms with Crippen molar-refractivity contribution in [3.8, 4) is 0 Å². The average Bonchev–Trinajstić information content (AvgIpc) is 1.68. The molecule has 0 unspecified atom stereocenters. The van der Waals surface area contributed by atoms with Gasteiger partial charge in [-0.2, -0.15) is 0 Å². The van der Waals surface area contributed by atoms with Crippen LogP contribution in [0.25, 0.3) is 0 Å². The largest absolute Gasteiger partial charge is 0.0740 e.